The lowest BCUT2D eigenvalue weighted by Gasteiger charge is -2.71. The molecule has 5 aliphatic carbocycles. The molecule has 0 heterocycles. The van der Waals surface area contributed by atoms with E-state index in [0.717, 1.165) is 44.9 Å². The van der Waals surface area contributed by atoms with E-state index in [9.17, 15) is 19.6 Å². The van der Waals surface area contributed by atoms with Gasteiger partial charge in [-0.3, -0.25) is 14.4 Å². The molecule has 5 heteroatoms. The van der Waals surface area contributed by atoms with Crippen LogP contribution in [0, 0.1) is 68.0 Å². The first-order valence-corrected chi connectivity index (χ1v) is 14.6. The minimum Gasteiger partial charge on any atom is -0.466 e. The summed E-state index contributed by atoms with van der Waals surface area (Å²) in [7, 11) is 0. The number of rotatable bonds is 2. The molecule has 0 spiro atoms. The molecule has 0 saturated heterocycles. The fraction of sp³-hybridized carbons (Fsp3) is 0.812. The van der Waals surface area contributed by atoms with E-state index < -0.39 is 5.41 Å². The van der Waals surface area contributed by atoms with Crippen LogP contribution in [-0.2, 0) is 19.1 Å². The van der Waals surface area contributed by atoms with Crippen molar-refractivity contribution in [3.05, 3.63) is 11.6 Å². The summed E-state index contributed by atoms with van der Waals surface area (Å²) in [5.74, 6) is 0.0412. The Morgan fingerprint density at radius 2 is 1.70 bits per heavy atom. The number of fused-ring (bicyclic) bond motifs is 7. The minimum atomic E-state index is -0.560. The summed E-state index contributed by atoms with van der Waals surface area (Å²) < 4.78 is 5.70. The lowest BCUT2D eigenvalue weighted by Crippen LogP contribution is -2.68. The molecule has 37 heavy (non-hydrogen) atoms. The van der Waals surface area contributed by atoms with E-state index in [4.69, 9.17) is 4.74 Å². The molecule has 0 aromatic rings. The molecule has 2 unspecified atom stereocenters. The highest BCUT2D eigenvalue weighted by molar-refractivity contribution is 6.01. The number of carbonyl (C=O) groups is 3. The van der Waals surface area contributed by atoms with Crippen molar-refractivity contribution in [2.24, 2.45) is 56.7 Å². The summed E-state index contributed by atoms with van der Waals surface area (Å²) in [6.07, 6.45) is 8.62. The first kappa shape index (κ1) is 26.6. The first-order valence-electron chi connectivity index (χ1n) is 14.6. The number of carbonyl (C=O) groups excluding carboxylic acids is 3. The number of hydrogen-bond acceptors (Lipinski definition) is 5. The van der Waals surface area contributed by atoms with Crippen LogP contribution in [0.3, 0.4) is 0 Å². The molecule has 0 amide bonds. The predicted octanol–water partition coefficient (Wildman–Crippen LogP) is 6.46. The van der Waals surface area contributed by atoms with Gasteiger partial charge in [0.15, 0.2) is 5.78 Å². The second-order valence-corrected chi connectivity index (χ2v) is 14.7. The lowest BCUT2D eigenvalue weighted by molar-refractivity contribution is -0.224. The number of ketones is 2. The van der Waals surface area contributed by atoms with Crippen LogP contribution in [-0.4, -0.2) is 24.1 Å². The van der Waals surface area contributed by atoms with Crippen molar-refractivity contribution in [2.45, 2.75) is 99.8 Å². The van der Waals surface area contributed by atoms with Crippen molar-refractivity contribution < 1.29 is 19.1 Å². The van der Waals surface area contributed by atoms with Gasteiger partial charge in [0, 0.05) is 18.3 Å². The Hall–Kier alpha value is -1.96. The van der Waals surface area contributed by atoms with E-state index in [1.165, 1.54) is 0 Å². The third-order valence-electron chi connectivity index (χ3n) is 12.8. The molecule has 202 valence electrons. The smallest absolute Gasteiger partial charge is 0.312 e. The van der Waals surface area contributed by atoms with Gasteiger partial charge in [-0.25, -0.2) is 0 Å². The summed E-state index contributed by atoms with van der Waals surface area (Å²) in [5, 5.41) is 9.79. The molecule has 4 saturated carbocycles. The van der Waals surface area contributed by atoms with Crippen molar-refractivity contribution in [3.8, 4) is 6.07 Å². The molecule has 0 aromatic heterocycles. The average molecular weight is 508 g/mol. The van der Waals surface area contributed by atoms with E-state index in [2.05, 4.69) is 40.7 Å². The van der Waals surface area contributed by atoms with Crippen molar-refractivity contribution >= 4 is 17.5 Å². The van der Waals surface area contributed by atoms with Crippen molar-refractivity contribution in [1.29, 1.82) is 5.26 Å². The number of hydrogen-bond donors (Lipinski definition) is 0. The molecule has 0 N–H and O–H groups in total. The summed E-state index contributed by atoms with van der Waals surface area (Å²) >= 11 is 0. The van der Waals surface area contributed by atoms with Gasteiger partial charge in [0.25, 0.3) is 0 Å². The highest BCUT2D eigenvalue weighted by atomic mass is 16.5. The van der Waals surface area contributed by atoms with E-state index in [1.54, 1.807) is 0 Å². The first-order chi connectivity index (χ1) is 17.2. The van der Waals surface area contributed by atoms with Crippen LogP contribution in [0.2, 0.25) is 0 Å². The summed E-state index contributed by atoms with van der Waals surface area (Å²) in [5.41, 5.74) is -0.915. The van der Waals surface area contributed by atoms with Gasteiger partial charge in [0.1, 0.15) is 11.9 Å². The molecule has 0 aliphatic heterocycles. The van der Waals surface area contributed by atoms with Gasteiger partial charge in [0.2, 0.25) is 0 Å². The van der Waals surface area contributed by atoms with E-state index in [0.29, 0.717) is 18.8 Å². The molecular formula is C32H45NO4. The van der Waals surface area contributed by atoms with E-state index in [-0.39, 0.29) is 68.6 Å². The predicted molar refractivity (Wildman–Crippen MR) is 141 cm³/mol. The van der Waals surface area contributed by atoms with Crippen LogP contribution in [0.1, 0.15) is 99.8 Å². The van der Waals surface area contributed by atoms with Crippen LogP contribution in [0.25, 0.3) is 0 Å². The Labute approximate surface area is 222 Å². The standard InChI is InChI=1S/C32H45NO4/c1-8-37-27(36)32-13-11-28(3,4)17-22(32)25-23(34)15-24-29(5)16-20(18-33)26(35)19(2)21(29)9-10-30(24,6)31(25,7)12-14-32/h16,19,21-22,24-25H,8-15,17H2,1-7H3/t19-,21-,22?,24+,25?,29-,30+,31+,32-/m0/s1. The quantitative estimate of drug-likeness (QED) is 0.401. The summed E-state index contributed by atoms with van der Waals surface area (Å²) in [4.78, 5) is 40.9. The van der Waals surface area contributed by atoms with E-state index >= 15 is 0 Å². The van der Waals surface area contributed by atoms with Gasteiger partial charge < -0.3 is 4.74 Å². The average Bonchev–Trinajstić information content (AvgIpc) is 2.82. The van der Waals surface area contributed by atoms with Gasteiger partial charge in [0.05, 0.1) is 17.6 Å². The van der Waals surface area contributed by atoms with Crippen LogP contribution < -0.4 is 0 Å². The van der Waals surface area contributed by atoms with Crippen molar-refractivity contribution in [2.75, 3.05) is 6.61 Å². The largest absolute Gasteiger partial charge is 0.466 e. The second kappa shape index (κ2) is 8.27. The van der Waals surface area contributed by atoms with Crippen molar-refractivity contribution in [3.63, 3.8) is 0 Å². The van der Waals surface area contributed by atoms with Gasteiger partial charge in [-0.15, -0.1) is 0 Å². The number of ether oxygens (including phenoxy) is 1. The molecule has 0 radical (unpaired) electrons. The Balaban J connectivity index is 1.62. The highest BCUT2D eigenvalue weighted by Crippen LogP contribution is 2.75. The number of nitriles is 1. The summed E-state index contributed by atoms with van der Waals surface area (Å²) in [6, 6.07) is 2.18. The Kier molecular flexibility index (Phi) is 5.95. The molecule has 9 atom stereocenters. The molecule has 5 aliphatic rings. The van der Waals surface area contributed by atoms with Gasteiger partial charge in [-0.05, 0) is 91.3 Å². The fourth-order valence-corrected chi connectivity index (χ4v) is 10.6. The highest BCUT2D eigenvalue weighted by Gasteiger charge is 2.72. The van der Waals surface area contributed by atoms with Gasteiger partial charge >= 0.3 is 5.97 Å². The molecule has 4 fully saturated rings. The Morgan fingerprint density at radius 1 is 1.03 bits per heavy atom. The van der Waals surface area contributed by atoms with Crippen LogP contribution >= 0.6 is 0 Å². The van der Waals surface area contributed by atoms with Crippen LogP contribution in [0.4, 0.5) is 0 Å². The molecule has 0 aromatic carbocycles. The SMILES string of the molecule is CCOC(=O)[C@]12CCC(C)(C)CC1C1C(=O)C[C@@H]3[C@@]4(C)C=C(C#N)C(=O)[C@@H](C)[C@@H]4CC[C@@]3(C)[C@]1(C)CC2. The topological polar surface area (TPSA) is 84.2 Å². The molecule has 0 bridgehead atoms. The Bertz CT molecular complexity index is 1110. The maximum absolute atomic E-state index is 14.4. The lowest BCUT2D eigenvalue weighted by atomic mass is 9.32. The molecule has 5 rings (SSSR count). The minimum absolute atomic E-state index is 0.00178. The summed E-state index contributed by atoms with van der Waals surface area (Å²) in [6.45, 7) is 15.7. The second-order valence-electron chi connectivity index (χ2n) is 14.7. The maximum Gasteiger partial charge on any atom is 0.312 e. The van der Waals surface area contributed by atoms with E-state index in [1.807, 2.05) is 19.9 Å². The Morgan fingerprint density at radius 3 is 2.35 bits per heavy atom. The van der Waals surface area contributed by atoms with Crippen LogP contribution in [0.15, 0.2) is 11.6 Å². The molecule has 5 nitrogen and oxygen atoms in total. The van der Waals surface area contributed by atoms with Gasteiger partial charge in [-0.1, -0.05) is 47.6 Å². The number of allylic oxidation sites excluding steroid dienone is 2. The van der Waals surface area contributed by atoms with Crippen molar-refractivity contribution in [1.82, 2.24) is 0 Å². The third-order valence-corrected chi connectivity index (χ3v) is 12.8. The maximum atomic E-state index is 14.4. The number of Topliss-reactive ketones (excluding diaryl/α,β-unsaturated/α-hetero) is 2. The zero-order valence-electron chi connectivity index (χ0n) is 23.9. The molecular weight excluding hydrogens is 462 g/mol. The van der Waals surface area contributed by atoms with Crippen LogP contribution in [0.5, 0.6) is 0 Å². The fourth-order valence-electron chi connectivity index (χ4n) is 10.6. The zero-order valence-corrected chi connectivity index (χ0v) is 23.9. The van der Waals surface area contributed by atoms with Gasteiger partial charge in [-0.2, -0.15) is 5.26 Å². The third kappa shape index (κ3) is 3.36. The number of nitrogens with zero attached hydrogens (tertiary/aromatic N) is 1. The monoisotopic (exact) mass is 507 g/mol. The normalized spacial score (nSPS) is 48.4. The number of esters is 1. The zero-order chi connectivity index (χ0) is 27.2.